The summed E-state index contributed by atoms with van der Waals surface area (Å²) >= 11 is 0. The lowest BCUT2D eigenvalue weighted by molar-refractivity contribution is 0.177. The first-order valence-electron chi connectivity index (χ1n) is 5.34. The van der Waals surface area contributed by atoms with Crippen molar-refractivity contribution in [3.63, 3.8) is 0 Å². The van der Waals surface area contributed by atoms with Crippen LogP contribution in [0.15, 0.2) is 48.5 Å². The number of hydrogen-bond acceptors (Lipinski definition) is 1. The van der Waals surface area contributed by atoms with Crippen LogP contribution in [0.4, 0.5) is 8.78 Å². The van der Waals surface area contributed by atoms with Crippen LogP contribution in [0.3, 0.4) is 0 Å². The Morgan fingerprint density at radius 1 is 1.00 bits per heavy atom. The number of rotatable bonds is 3. The highest BCUT2D eigenvalue weighted by molar-refractivity contribution is 5.23. The van der Waals surface area contributed by atoms with Crippen molar-refractivity contribution in [2.45, 2.75) is 12.5 Å². The third kappa shape index (κ3) is 2.88. The number of benzene rings is 2. The van der Waals surface area contributed by atoms with Crippen molar-refractivity contribution in [2.24, 2.45) is 0 Å². The molecule has 0 aromatic heterocycles. The van der Waals surface area contributed by atoms with Gasteiger partial charge in [-0.25, -0.2) is 8.78 Å². The molecule has 0 aliphatic rings. The minimum absolute atomic E-state index is 0.135. The molecule has 0 bridgehead atoms. The number of aliphatic hydroxyl groups excluding tert-OH is 1. The maximum absolute atomic E-state index is 13.4. The van der Waals surface area contributed by atoms with Gasteiger partial charge in [0.05, 0.1) is 6.10 Å². The third-order valence-corrected chi connectivity index (χ3v) is 2.61. The molecule has 88 valence electrons. The van der Waals surface area contributed by atoms with E-state index >= 15 is 0 Å². The Morgan fingerprint density at radius 2 is 1.71 bits per heavy atom. The van der Waals surface area contributed by atoms with Gasteiger partial charge >= 0.3 is 0 Å². The highest BCUT2D eigenvalue weighted by Gasteiger charge is 2.11. The van der Waals surface area contributed by atoms with E-state index in [0.29, 0.717) is 5.56 Å². The Morgan fingerprint density at radius 3 is 2.35 bits per heavy atom. The first kappa shape index (κ1) is 11.7. The molecule has 0 spiro atoms. The molecule has 2 aromatic rings. The molecule has 1 N–H and O–H groups in total. The van der Waals surface area contributed by atoms with Crippen LogP contribution in [0.1, 0.15) is 17.2 Å². The standard InChI is InChI=1S/C14H12F2O/c15-12-7-6-11(13(16)9-12)8-14(17)10-4-2-1-3-5-10/h1-7,9,14,17H,8H2. The third-order valence-electron chi connectivity index (χ3n) is 2.61. The summed E-state index contributed by atoms with van der Waals surface area (Å²) in [5.74, 6) is -1.24. The molecule has 0 fully saturated rings. The Bertz CT molecular complexity index is 497. The van der Waals surface area contributed by atoms with Crippen molar-refractivity contribution in [1.82, 2.24) is 0 Å². The van der Waals surface area contributed by atoms with Crippen LogP contribution < -0.4 is 0 Å². The van der Waals surface area contributed by atoms with Gasteiger partial charge in [0.15, 0.2) is 0 Å². The average Bonchev–Trinajstić information content (AvgIpc) is 2.34. The molecular formula is C14H12F2O. The van der Waals surface area contributed by atoms with Crippen LogP contribution in [0.2, 0.25) is 0 Å². The predicted molar refractivity (Wildman–Crippen MR) is 61.5 cm³/mol. The monoisotopic (exact) mass is 234 g/mol. The van der Waals surface area contributed by atoms with E-state index in [4.69, 9.17) is 0 Å². The van der Waals surface area contributed by atoms with Gasteiger partial charge in [-0.1, -0.05) is 36.4 Å². The SMILES string of the molecule is OC(Cc1ccc(F)cc1F)c1ccccc1. The molecule has 0 radical (unpaired) electrons. The van der Waals surface area contributed by atoms with E-state index in [1.54, 1.807) is 24.3 Å². The zero-order valence-electron chi connectivity index (χ0n) is 9.11. The number of hydrogen-bond donors (Lipinski definition) is 1. The summed E-state index contributed by atoms with van der Waals surface area (Å²) in [6, 6.07) is 12.4. The van der Waals surface area contributed by atoms with Crippen LogP contribution >= 0.6 is 0 Å². The molecule has 17 heavy (non-hydrogen) atoms. The minimum atomic E-state index is -0.781. The van der Waals surface area contributed by atoms with Crippen LogP contribution in [0.25, 0.3) is 0 Å². The van der Waals surface area contributed by atoms with E-state index in [1.165, 1.54) is 12.1 Å². The highest BCUT2D eigenvalue weighted by atomic mass is 19.1. The molecule has 0 aliphatic heterocycles. The first-order valence-corrected chi connectivity index (χ1v) is 5.34. The molecule has 0 heterocycles. The summed E-state index contributed by atoms with van der Waals surface area (Å²) < 4.78 is 26.1. The summed E-state index contributed by atoms with van der Waals surface area (Å²) in [6.45, 7) is 0. The Hall–Kier alpha value is -1.74. The number of aliphatic hydroxyl groups is 1. The Balaban J connectivity index is 2.16. The van der Waals surface area contributed by atoms with E-state index < -0.39 is 17.7 Å². The van der Waals surface area contributed by atoms with Gasteiger partial charge in [0.25, 0.3) is 0 Å². The maximum Gasteiger partial charge on any atom is 0.129 e. The predicted octanol–water partition coefficient (Wildman–Crippen LogP) is 3.24. The molecule has 0 amide bonds. The van der Waals surface area contributed by atoms with Crippen LogP contribution in [0, 0.1) is 11.6 Å². The van der Waals surface area contributed by atoms with Gasteiger partial charge in [-0.2, -0.15) is 0 Å². The topological polar surface area (TPSA) is 20.2 Å². The maximum atomic E-state index is 13.4. The zero-order valence-corrected chi connectivity index (χ0v) is 9.11. The lowest BCUT2D eigenvalue weighted by Gasteiger charge is -2.11. The fourth-order valence-corrected chi connectivity index (χ4v) is 1.69. The Kier molecular flexibility index (Phi) is 3.49. The van der Waals surface area contributed by atoms with E-state index in [1.807, 2.05) is 6.07 Å². The van der Waals surface area contributed by atoms with Crippen molar-refractivity contribution < 1.29 is 13.9 Å². The summed E-state index contributed by atoms with van der Waals surface area (Å²) in [5.41, 5.74) is 1.03. The van der Waals surface area contributed by atoms with Crippen molar-refractivity contribution in [1.29, 1.82) is 0 Å². The molecule has 1 unspecified atom stereocenters. The first-order chi connectivity index (χ1) is 8.16. The van der Waals surface area contributed by atoms with Gasteiger partial charge < -0.3 is 5.11 Å². The van der Waals surface area contributed by atoms with Gasteiger partial charge in [-0.3, -0.25) is 0 Å². The van der Waals surface area contributed by atoms with Crippen LogP contribution in [0.5, 0.6) is 0 Å². The molecule has 0 saturated carbocycles. The summed E-state index contributed by atoms with van der Waals surface area (Å²) in [5, 5.41) is 9.91. The van der Waals surface area contributed by atoms with Gasteiger partial charge in [0.1, 0.15) is 11.6 Å². The average molecular weight is 234 g/mol. The second kappa shape index (κ2) is 5.06. The lowest BCUT2D eigenvalue weighted by atomic mass is 10.0. The van der Waals surface area contributed by atoms with Gasteiger partial charge in [-0.05, 0) is 17.2 Å². The van der Waals surface area contributed by atoms with Crippen molar-refractivity contribution in [2.75, 3.05) is 0 Å². The summed E-state index contributed by atoms with van der Waals surface area (Å²) in [7, 11) is 0. The molecule has 2 rings (SSSR count). The normalized spacial score (nSPS) is 12.4. The molecule has 2 aromatic carbocycles. The Labute approximate surface area is 98.3 Å². The van der Waals surface area contributed by atoms with Gasteiger partial charge in [0, 0.05) is 12.5 Å². The molecular weight excluding hydrogens is 222 g/mol. The van der Waals surface area contributed by atoms with Crippen LogP contribution in [-0.4, -0.2) is 5.11 Å². The van der Waals surface area contributed by atoms with Crippen molar-refractivity contribution in [3.05, 3.63) is 71.3 Å². The highest BCUT2D eigenvalue weighted by Crippen LogP contribution is 2.20. The second-order valence-corrected chi connectivity index (χ2v) is 3.87. The van der Waals surface area contributed by atoms with E-state index in [2.05, 4.69) is 0 Å². The smallest absolute Gasteiger partial charge is 0.129 e. The number of halogens is 2. The van der Waals surface area contributed by atoms with E-state index in [-0.39, 0.29) is 6.42 Å². The molecule has 0 saturated heterocycles. The fourth-order valence-electron chi connectivity index (χ4n) is 1.69. The van der Waals surface area contributed by atoms with Gasteiger partial charge in [-0.15, -0.1) is 0 Å². The minimum Gasteiger partial charge on any atom is -0.388 e. The molecule has 1 nitrogen and oxygen atoms in total. The van der Waals surface area contributed by atoms with E-state index in [0.717, 1.165) is 11.6 Å². The van der Waals surface area contributed by atoms with Crippen molar-refractivity contribution in [3.8, 4) is 0 Å². The zero-order chi connectivity index (χ0) is 12.3. The van der Waals surface area contributed by atoms with Crippen LogP contribution in [-0.2, 0) is 6.42 Å². The van der Waals surface area contributed by atoms with Crippen molar-refractivity contribution >= 4 is 0 Å². The molecule has 1 atom stereocenters. The largest absolute Gasteiger partial charge is 0.388 e. The van der Waals surface area contributed by atoms with E-state index in [9.17, 15) is 13.9 Å². The summed E-state index contributed by atoms with van der Waals surface area (Å²) in [6.07, 6.45) is -0.646. The lowest BCUT2D eigenvalue weighted by Crippen LogP contribution is -2.03. The summed E-state index contributed by atoms with van der Waals surface area (Å²) in [4.78, 5) is 0. The fraction of sp³-hybridized carbons (Fsp3) is 0.143. The van der Waals surface area contributed by atoms with Gasteiger partial charge in [0.2, 0.25) is 0 Å². The molecule has 3 heteroatoms. The molecule has 0 aliphatic carbocycles. The quantitative estimate of drug-likeness (QED) is 0.864. The second-order valence-electron chi connectivity index (χ2n) is 3.87.